The van der Waals surface area contributed by atoms with Gasteiger partial charge in [-0.25, -0.2) is 0 Å². The molecule has 0 radical (unpaired) electrons. The van der Waals surface area contributed by atoms with Gasteiger partial charge in [-0.2, -0.15) is 0 Å². The normalized spacial score (nSPS) is 11.5. The summed E-state index contributed by atoms with van der Waals surface area (Å²) in [6.45, 7) is 1.83. The zero-order chi connectivity index (χ0) is 15.2. The van der Waals surface area contributed by atoms with Crippen LogP contribution in [0.1, 0.15) is 27.5 Å². The van der Waals surface area contributed by atoms with Crippen molar-refractivity contribution in [1.29, 1.82) is 0 Å². The number of pyridine rings is 1. The third-order valence-electron chi connectivity index (χ3n) is 3.20. The zero-order valence-electron chi connectivity index (χ0n) is 12.0. The maximum atomic E-state index is 12.3. The molecule has 0 spiro atoms. The molecule has 0 saturated carbocycles. The quantitative estimate of drug-likeness (QED) is 0.895. The van der Waals surface area contributed by atoms with Gasteiger partial charge in [-0.15, -0.1) is 0 Å². The Morgan fingerprint density at radius 2 is 1.86 bits per heavy atom. The van der Waals surface area contributed by atoms with Crippen molar-refractivity contribution in [2.75, 3.05) is 7.05 Å². The minimum absolute atomic E-state index is 0.268. The number of hydrogen-bond donors (Lipinski definition) is 2. The summed E-state index contributed by atoms with van der Waals surface area (Å²) in [6, 6.07) is 10.1. The summed E-state index contributed by atoms with van der Waals surface area (Å²) in [5, 5.41) is 5.32. The highest BCUT2D eigenvalue weighted by molar-refractivity contribution is 5.98. The highest BCUT2D eigenvalue weighted by atomic mass is 16.2. The Balaban J connectivity index is 2.26. The first-order valence-electron chi connectivity index (χ1n) is 6.61. The van der Waals surface area contributed by atoms with Crippen LogP contribution in [0.15, 0.2) is 48.8 Å². The number of carbonyl (C=O) groups excluding carboxylic acids is 2. The van der Waals surface area contributed by atoms with Gasteiger partial charge in [-0.1, -0.05) is 30.3 Å². The van der Waals surface area contributed by atoms with Gasteiger partial charge in [-0.3, -0.25) is 14.6 Å². The van der Waals surface area contributed by atoms with E-state index in [1.807, 2.05) is 25.1 Å². The molecule has 1 unspecified atom stereocenters. The number of rotatable bonds is 4. The average molecular weight is 283 g/mol. The van der Waals surface area contributed by atoms with Crippen LogP contribution in [0.25, 0.3) is 0 Å². The molecule has 5 heteroatoms. The lowest BCUT2D eigenvalue weighted by Gasteiger charge is -2.18. The summed E-state index contributed by atoms with van der Waals surface area (Å²) in [5.41, 5.74) is 2.00. The predicted octanol–water partition coefficient (Wildman–Crippen LogP) is 1.61. The number of amides is 2. The van der Waals surface area contributed by atoms with Gasteiger partial charge in [-0.05, 0) is 24.1 Å². The highest BCUT2D eigenvalue weighted by Crippen LogP contribution is 2.14. The molecule has 2 aromatic rings. The molecule has 0 aliphatic heterocycles. The first kappa shape index (κ1) is 14.7. The van der Waals surface area contributed by atoms with Crippen LogP contribution in [0.3, 0.4) is 0 Å². The number of nitrogens with zero attached hydrogens (tertiary/aromatic N) is 1. The van der Waals surface area contributed by atoms with Gasteiger partial charge in [0.2, 0.25) is 5.91 Å². The van der Waals surface area contributed by atoms with Crippen molar-refractivity contribution in [1.82, 2.24) is 15.6 Å². The second-order valence-electron chi connectivity index (χ2n) is 4.62. The van der Waals surface area contributed by atoms with Gasteiger partial charge in [0.15, 0.2) is 0 Å². The van der Waals surface area contributed by atoms with Gasteiger partial charge in [0.25, 0.3) is 5.91 Å². The lowest BCUT2D eigenvalue weighted by atomic mass is 10.0. The van der Waals surface area contributed by atoms with Gasteiger partial charge < -0.3 is 10.6 Å². The first-order chi connectivity index (χ1) is 10.1. The number of likely N-dealkylation sites (N-methyl/N-ethyl adjacent to an activating group) is 1. The van der Waals surface area contributed by atoms with Crippen LogP contribution in [-0.4, -0.2) is 23.8 Å². The van der Waals surface area contributed by atoms with Crippen LogP contribution < -0.4 is 10.6 Å². The molecule has 1 aromatic carbocycles. The van der Waals surface area contributed by atoms with E-state index < -0.39 is 6.04 Å². The first-order valence-corrected chi connectivity index (χ1v) is 6.61. The van der Waals surface area contributed by atoms with Gasteiger partial charge >= 0.3 is 0 Å². The molecule has 1 heterocycles. The minimum Gasteiger partial charge on any atom is -0.357 e. The Morgan fingerprint density at radius 3 is 2.48 bits per heavy atom. The second kappa shape index (κ2) is 6.65. The molecule has 2 rings (SSSR count). The summed E-state index contributed by atoms with van der Waals surface area (Å²) in [6.07, 6.45) is 3.12. The lowest BCUT2D eigenvalue weighted by Crippen LogP contribution is -2.39. The number of nitrogens with one attached hydrogen (secondary N) is 2. The van der Waals surface area contributed by atoms with E-state index in [-0.39, 0.29) is 11.8 Å². The van der Waals surface area contributed by atoms with Crippen molar-refractivity contribution < 1.29 is 9.59 Å². The fourth-order valence-electron chi connectivity index (χ4n) is 2.00. The molecule has 5 nitrogen and oxygen atoms in total. The Bertz CT molecular complexity index is 641. The van der Waals surface area contributed by atoms with E-state index in [1.54, 1.807) is 31.4 Å². The summed E-state index contributed by atoms with van der Waals surface area (Å²) in [4.78, 5) is 28.3. The topological polar surface area (TPSA) is 71.1 Å². The number of aromatic nitrogens is 1. The fourth-order valence-corrected chi connectivity index (χ4v) is 2.00. The third kappa shape index (κ3) is 3.45. The van der Waals surface area contributed by atoms with Gasteiger partial charge in [0, 0.05) is 19.4 Å². The number of aryl methyl sites for hydroxylation is 1. The lowest BCUT2D eigenvalue weighted by molar-refractivity contribution is -0.122. The van der Waals surface area contributed by atoms with Crippen molar-refractivity contribution in [3.63, 3.8) is 0 Å². The van der Waals surface area contributed by atoms with E-state index in [0.29, 0.717) is 5.56 Å². The molecule has 0 saturated heterocycles. The van der Waals surface area contributed by atoms with E-state index >= 15 is 0 Å². The Morgan fingerprint density at radius 1 is 1.14 bits per heavy atom. The van der Waals surface area contributed by atoms with Gasteiger partial charge in [0.1, 0.15) is 6.04 Å². The summed E-state index contributed by atoms with van der Waals surface area (Å²) in [7, 11) is 1.54. The minimum atomic E-state index is -0.733. The molecule has 2 amide bonds. The predicted molar refractivity (Wildman–Crippen MR) is 79.7 cm³/mol. The van der Waals surface area contributed by atoms with Crippen molar-refractivity contribution in [2.24, 2.45) is 0 Å². The number of carbonyl (C=O) groups is 2. The van der Waals surface area contributed by atoms with Crippen molar-refractivity contribution in [3.8, 4) is 0 Å². The standard InChI is InChI=1S/C16H17N3O2/c1-11-8-9-18-10-13(11)15(20)19-14(16(21)17-2)12-6-4-3-5-7-12/h3-10,14H,1-2H3,(H,17,21)(H,19,20). The van der Waals surface area contributed by atoms with E-state index in [1.165, 1.54) is 6.20 Å². The molecule has 0 fully saturated rings. The van der Waals surface area contributed by atoms with Crippen molar-refractivity contribution in [3.05, 3.63) is 65.5 Å². The van der Waals surface area contributed by atoms with Crippen LogP contribution in [0, 0.1) is 6.92 Å². The molecule has 0 aliphatic rings. The van der Waals surface area contributed by atoms with Crippen molar-refractivity contribution >= 4 is 11.8 Å². The van der Waals surface area contributed by atoms with Crippen molar-refractivity contribution in [2.45, 2.75) is 13.0 Å². The smallest absolute Gasteiger partial charge is 0.254 e. The molecule has 1 atom stereocenters. The van der Waals surface area contributed by atoms with Crippen LogP contribution in [0.5, 0.6) is 0 Å². The van der Waals surface area contributed by atoms with E-state index in [0.717, 1.165) is 11.1 Å². The molecule has 0 bridgehead atoms. The summed E-state index contributed by atoms with van der Waals surface area (Å²) >= 11 is 0. The maximum absolute atomic E-state index is 12.3. The molecule has 108 valence electrons. The third-order valence-corrected chi connectivity index (χ3v) is 3.20. The van der Waals surface area contributed by atoms with Crippen LogP contribution in [0.4, 0.5) is 0 Å². The van der Waals surface area contributed by atoms with E-state index in [2.05, 4.69) is 15.6 Å². The summed E-state index contributed by atoms with van der Waals surface area (Å²) in [5.74, 6) is -0.589. The molecule has 2 N–H and O–H groups in total. The number of hydrogen-bond acceptors (Lipinski definition) is 3. The van der Waals surface area contributed by atoms with Gasteiger partial charge in [0.05, 0.1) is 5.56 Å². The average Bonchev–Trinajstić information content (AvgIpc) is 2.53. The van der Waals surface area contributed by atoms with E-state index in [9.17, 15) is 9.59 Å². The fraction of sp³-hybridized carbons (Fsp3) is 0.188. The highest BCUT2D eigenvalue weighted by Gasteiger charge is 2.22. The molecule has 0 aliphatic carbocycles. The zero-order valence-corrected chi connectivity index (χ0v) is 12.0. The largest absolute Gasteiger partial charge is 0.357 e. The van der Waals surface area contributed by atoms with Crippen LogP contribution in [0.2, 0.25) is 0 Å². The summed E-state index contributed by atoms with van der Waals surface area (Å²) < 4.78 is 0. The van der Waals surface area contributed by atoms with Crippen LogP contribution in [-0.2, 0) is 4.79 Å². The Labute approximate surface area is 123 Å². The van der Waals surface area contributed by atoms with E-state index in [4.69, 9.17) is 0 Å². The Hall–Kier alpha value is -2.69. The number of benzene rings is 1. The molecular formula is C16H17N3O2. The van der Waals surface area contributed by atoms with Crippen LogP contribution >= 0.6 is 0 Å². The monoisotopic (exact) mass is 283 g/mol. The maximum Gasteiger partial charge on any atom is 0.254 e. The molecule has 21 heavy (non-hydrogen) atoms. The molecular weight excluding hydrogens is 266 g/mol. The SMILES string of the molecule is CNC(=O)C(NC(=O)c1cnccc1C)c1ccccc1. The molecule has 1 aromatic heterocycles. The Kier molecular flexibility index (Phi) is 4.66. The second-order valence-corrected chi connectivity index (χ2v) is 4.62.